The third kappa shape index (κ3) is 8.33. The molecule has 0 rings (SSSR count). The molecule has 0 aromatic carbocycles. The number of aliphatic hydroxyl groups is 2. The predicted octanol–water partition coefficient (Wildman–Crippen LogP) is 2.00. The van der Waals surface area contributed by atoms with E-state index in [1.807, 2.05) is 19.9 Å². The van der Waals surface area contributed by atoms with E-state index in [1.54, 1.807) is 27.7 Å². The molecule has 0 aromatic rings. The largest absolute Gasteiger partial charge is 0.387 e. The molecule has 0 aliphatic heterocycles. The highest BCUT2D eigenvalue weighted by Gasteiger charge is 2.31. The molecule has 0 unspecified atom stereocenters. The van der Waals surface area contributed by atoms with Gasteiger partial charge in [0.25, 0.3) is 0 Å². The van der Waals surface area contributed by atoms with Crippen LogP contribution in [0.1, 0.15) is 48.0 Å². The standard InChI is InChI=1S/C6H14O2.C5H9B/c1-5(2,7)6(3,4)8;1-3-5(6)4-2/h7-8H,1-4H3;3H,4H2,1-2H3/b;5-3+. The summed E-state index contributed by atoms with van der Waals surface area (Å²) in [4.78, 5) is 0. The van der Waals surface area contributed by atoms with Gasteiger partial charge in [-0.15, -0.1) is 5.47 Å². The maximum atomic E-state index is 9.10. The molecule has 2 N–H and O–H groups in total. The Balaban J connectivity index is 0. The minimum atomic E-state index is -1.01. The van der Waals surface area contributed by atoms with E-state index >= 15 is 0 Å². The molecule has 3 heteroatoms. The lowest BCUT2D eigenvalue weighted by molar-refractivity contribution is -0.107. The summed E-state index contributed by atoms with van der Waals surface area (Å²) in [6, 6.07) is 0. The Morgan fingerprint density at radius 3 is 1.43 bits per heavy atom. The maximum absolute atomic E-state index is 9.10. The molecule has 0 amide bonds. The molecular weight excluding hydrogens is 175 g/mol. The van der Waals surface area contributed by atoms with Crippen molar-refractivity contribution in [2.45, 2.75) is 59.2 Å². The molecule has 0 spiro atoms. The van der Waals surface area contributed by atoms with Crippen LogP contribution in [0.4, 0.5) is 0 Å². The first-order valence-electron chi connectivity index (χ1n) is 4.91. The number of allylic oxidation sites excluding steroid dienone is 2. The van der Waals surface area contributed by atoms with Crippen LogP contribution in [0, 0.1) is 0 Å². The third-order valence-electron chi connectivity index (χ3n) is 2.28. The van der Waals surface area contributed by atoms with Crippen LogP contribution >= 0.6 is 0 Å². The molecule has 0 heterocycles. The highest BCUT2D eigenvalue weighted by atomic mass is 16.3. The first-order valence-corrected chi connectivity index (χ1v) is 4.91. The Morgan fingerprint density at radius 2 is 1.43 bits per heavy atom. The molecule has 0 fully saturated rings. The van der Waals surface area contributed by atoms with Gasteiger partial charge < -0.3 is 10.2 Å². The highest BCUT2D eigenvalue weighted by Crippen LogP contribution is 2.19. The van der Waals surface area contributed by atoms with E-state index in [0.29, 0.717) is 0 Å². The quantitative estimate of drug-likeness (QED) is 0.666. The van der Waals surface area contributed by atoms with E-state index in [1.165, 1.54) is 0 Å². The van der Waals surface area contributed by atoms with Gasteiger partial charge in [-0.05, 0) is 41.0 Å². The van der Waals surface area contributed by atoms with Crippen LogP contribution in [0.2, 0.25) is 0 Å². The van der Waals surface area contributed by atoms with Crippen molar-refractivity contribution in [3.8, 4) is 0 Å². The van der Waals surface area contributed by atoms with Gasteiger partial charge in [0.1, 0.15) is 7.85 Å². The zero-order valence-corrected chi connectivity index (χ0v) is 10.3. The van der Waals surface area contributed by atoms with Gasteiger partial charge >= 0.3 is 0 Å². The molecular formula is C11H23BO2. The average molecular weight is 198 g/mol. The summed E-state index contributed by atoms with van der Waals surface area (Å²) < 4.78 is 0. The van der Waals surface area contributed by atoms with Gasteiger partial charge in [0.05, 0.1) is 11.2 Å². The molecule has 82 valence electrons. The summed E-state index contributed by atoms with van der Waals surface area (Å²) in [5.74, 6) is 0. The minimum Gasteiger partial charge on any atom is -0.387 e. The van der Waals surface area contributed by atoms with Gasteiger partial charge in [-0.25, -0.2) is 0 Å². The fourth-order valence-corrected chi connectivity index (χ4v) is 0.204. The van der Waals surface area contributed by atoms with Gasteiger partial charge in [-0.3, -0.25) is 0 Å². The molecule has 0 saturated heterocycles. The molecule has 0 bridgehead atoms. The van der Waals surface area contributed by atoms with E-state index in [2.05, 4.69) is 0 Å². The second-order valence-corrected chi connectivity index (χ2v) is 4.34. The van der Waals surface area contributed by atoms with Gasteiger partial charge in [0.2, 0.25) is 0 Å². The van der Waals surface area contributed by atoms with E-state index in [-0.39, 0.29) is 0 Å². The lowest BCUT2D eigenvalue weighted by Crippen LogP contribution is -2.44. The monoisotopic (exact) mass is 198 g/mol. The van der Waals surface area contributed by atoms with Crippen molar-refractivity contribution in [3.05, 3.63) is 11.5 Å². The van der Waals surface area contributed by atoms with Gasteiger partial charge in [0.15, 0.2) is 0 Å². The van der Waals surface area contributed by atoms with E-state index in [4.69, 9.17) is 18.1 Å². The van der Waals surface area contributed by atoms with Crippen LogP contribution in [0.15, 0.2) is 11.5 Å². The second-order valence-electron chi connectivity index (χ2n) is 4.34. The number of hydrogen-bond donors (Lipinski definition) is 2. The van der Waals surface area contributed by atoms with Crippen LogP contribution < -0.4 is 0 Å². The van der Waals surface area contributed by atoms with Gasteiger partial charge in [0, 0.05) is 0 Å². The van der Waals surface area contributed by atoms with E-state index < -0.39 is 11.2 Å². The molecule has 0 aliphatic rings. The Labute approximate surface area is 89.4 Å². The van der Waals surface area contributed by atoms with Crippen molar-refractivity contribution in [1.82, 2.24) is 0 Å². The van der Waals surface area contributed by atoms with Crippen LogP contribution in [-0.4, -0.2) is 29.3 Å². The minimum absolute atomic E-state index is 0.968. The Bertz CT molecular complexity index is 161. The number of hydrogen-bond acceptors (Lipinski definition) is 2. The van der Waals surface area contributed by atoms with Crippen LogP contribution in [0.5, 0.6) is 0 Å². The average Bonchev–Trinajstić information content (AvgIpc) is 2.00. The van der Waals surface area contributed by atoms with E-state index in [0.717, 1.165) is 11.9 Å². The number of rotatable bonds is 2. The third-order valence-corrected chi connectivity index (χ3v) is 2.28. The zero-order chi connectivity index (χ0) is 12.0. The van der Waals surface area contributed by atoms with Crippen molar-refractivity contribution in [3.63, 3.8) is 0 Å². The Hall–Kier alpha value is -0.275. The van der Waals surface area contributed by atoms with Crippen molar-refractivity contribution in [2.75, 3.05) is 0 Å². The summed E-state index contributed by atoms with van der Waals surface area (Å²) >= 11 is 0. The van der Waals surface area contributed by atoms with Crippen molar-refractivity contribution in [1.29, 1.82) is 0 Å². The highest BCUT2D eigenvalue weighted by molar-refractivity contribution is 6.21. The summed E-state index contributed by atoms with van der Waals surface area (Å²) in [5, 5.41) is 18.2. The van der Waals surface area contributed by atoms with Gasteiger partial charge in [-0.1, -0.05) is 13.0 Å². The Morgan fingerprint density at radius 1 is 1.14 bits per heavy atom. The van der Waals surface area contributed by atoms with Crippen molar-refractivity contribution >= 4 is 7.85 Å². The smallest absolute Gasteiger partial charge is 0.107 e. The molecule has 0 aliphatic carbocycles. The van der Waals surface area contributed by atoms with Crippen LogP contribution in [-0.2, 0) is 0 Å². The van der Waals surface area contributed by atoms with Crippen molar-refractivity contribution in [2.24, 2.45) is 0 Å². The summed E-state index contributed by atoms with van der Waals surface area (Å²) in [5.41, 5.74) is -1.05. The topological polar surface area (TPSA) is 40.5 Å². The zero-order valence-electron chi connectivity index (χ0n) is 10.3. The lowest BCUT2D eigenvalue weighted by Gasteiger charge is -2.31. The second kappa shape index (κ2) is 6.25. The summed E-state index contributed by atoms with van der Waals surface area (Å²) in [7, 11) is 5.33. The van der Waals surface area contributed by atoms with Gasteiger partial charge in [-0.2, -0.15) is 0 Å². The molecule has 0 atom stereocenters. The first kappa shape index (κ1) is 16.2. The molecule has 0 aromatic heterocycles. The van der Waals surface area contributed by atoms with E-state index in [9.17, 15) is 0 Å². The predicted molar refractivity (Wildman–Crippen MR) is 62.4 cm³/mol. The molecule has 14 heavy (non-hydrogen) atoms. The summed E-state index contributed by atoms with van der Waals surface area (Å²) in [6.07, 6.45) is 2.89. The van der Waals surface area contributed by atoms with Crippen molar-refractivity contribution < 1.29 is 10.2 Å². The van der Waals surface area contributed by atoms with Crippen LogP contribution in [0.3, 0.4) is 0 Å². The summed E-state index contributed by atoms with van der Waals surface area (Å²) in [6.45, 7) is 10.3. The molecule has 0 saturated carbocycles. The normalized spacial score (nSPS) is 13.3. The fraction of sp³-hybridized carbons (Fsp3) is 0.818. The molecule has 2 nitrogen and oxygen atoms in total. The Kier molecular flexibility index (Phi) is 7.22. The lowest BCUT2D eigenvalue weighted by atomic mass is 9.90. The molecule has 2 radical (unpaired) electrons. The maximum Gasteiger partial charge on any atom is 0.107 e. The first-order chi connectivity index (χ1) is 6.06. The van der Waals surface area contributed by atoms with Crippen LogP contribution in [0.25, 0.3) is 0 Å². The SMILES string of the molecule is CC(C)(O)C(C)(C)O.[B]/C(=C/C)CC. The fourth-order valence-electron chi connectivity index (χ4n) is 0.204.